The number of hydrogen-bond donors (Lipinski definition) is 2. The number of aryl methyl sites for hydroxylation is 2. The molecule has 0 bridgehead atoms. The fourth-order valence-electron chi connectivity index (χ4n) is 3.50. The minimum Gasteiger partial charge on any atom is -0.446 e. The number of benzene rings is 2. The summed E-state index contributed by atoms with van der Waals surface area (Å²) in [6.07, 6.45) is 3.77. The molecule has 0 radical (unpaired) electrons. The first-order valence-electron chi connectivity index (χ1n) is 10.9. The lowest BCUT2D eigenvalue weighted by Gasteiger charge is -2.16. The molecule has 3 rings (SSSR count). The third kappa shape index (κ3) is 5.87. The van der Waals surface area contributed by atoms with E-state index in [1.54, 1.807) is 13.0 Å². The Morgan fingerprint density at radius 1 is 1.19 bits per heavy atom. The molecule has 0 aliphatic carbocycles. The van der Waals surface area contributed by atoms with Crippen molar-refractivity contribution in [1.29, 1.82) is 0 Å². The van der Waals surface area contributed by atoms with Crippen LogP contribution in [0.25, 0.3) is 10.8 Å². The summed E-state index contributed by atoms with van der Waals surface area (Å²) in [5.74, 6) is 7.22. The van der Waals surface area contributed by atoms with E-state index in [1.165, 1.54) is 16.3 Å². The fourth-order valence-corrected chi connectivity index (χ4v) is 3.50. The summed E-state index contributed by atoms with van der Waals surface area (Å²) in [7, 11) is 0. The fraction of sp³-hybridized carbons (Fsp3) is 0.333. The number of carbonyl (C=O) groups excluding carboxylic acids is 1. The normalized spacial score (nSPS) is 12.5. The second kappa shape index (κ2) is 10.3. The molecular formula is C27H31N3O2. The van der Waals surface area contributed by atoms with Gasteiger partial charge in [0, 0.05) is 19.5 Å². The van der Waals surface area contributed by atoms with Crippen molar-refractivity contribution in [3.63, 3.8) is 0 Å². The van der Waals surface area contributed by atoms with Crippen molar-refractivity contribution in [3.8, 4) is 11.8 Å². The maximum Gasteiger partial charge on any atom is 0.238 e. The molecule has 1 amide bonds. The lowest BCUT2D eigenvalue weighted by molar-refractivity contribution is -0.126. The van der Waals surface area contributed by atoms with Gasteiger partial charge in [-0.1, -0.05) is 60.4 Å². The van der Waals surface area contributed by atoms with Gasteiger partial charge in [-0.25, -0.2) is 4.98 Å². The smallest absolute Gasteiger partial charge is 0.238 e. The Hall–Kier alpha value is -3.36. The summed E-state index contributed by atoms with van der Waals surface area (Å²) < 4.78 is 5.40. The van der Waals surface area contributed by atoms with Crippen molar-refractivity contribution in [1.82, 2.24) is 15.6 Å². The van der Waals surface area contributed by atoms with Crippen molar-refractivity contribution in [2.24, 2.45) is 5.41 Å². The molecule has 5 heteroatoms. The molecule has 32 heavy (non-hydrogen) atoms. The molecule has 1 aromatic heterocycles. The predicted octanol–water partition coefficient (Wildman–Crippen LogP) is 5.00. The largest absolute Gasteiger partial charge is 0.446 e. The molecule has 0 aliphatic heterocycles. The van der Waals surface area contributed by atoms with Gasteiger partial charge in [0.1, 0.15) is 16.9 Å². The van der Waals surface area contributed by atoms with Gasteiger partial charge in [-0.05, 0) is 50.1 Å². The van der Waals surface area contributed by atoms with E-state index in [4.69, 9.17) is 4.42 Å². The molecule has 0 saturated heterocycles. The van der Waals surface area contributed by atoms with Crippen LogP contribution in [0.3, 0.4) is 0 Å². The first kappa shape index (κ1) is 23.3. The van der Waals surface area contributed by atoms with E-state index in [0.29, 0.717) is 19.0 Å². The van der Waals surface area contributed by atoms with Gasteiger partial charge in [0.05, 0.1) is 6.54 Å². The number of aromatic nitrogens is 1. The average molecular weight is 430 g/mol. The molecular weight excluding hydrogens is 398 g/mol. The van der Waals surface area contributed by atoms with Crippen LogP contribution in [0.1, 0.15) is 49.7 Å². The van der Waals surface area contributed by atoms with Crippen LogP contribution in [0.5, 0.6) is 0 Å². The number of hydrogen-bond acceptors (Lipinski definition) is 4. The summed E-state index contributed by atoms with van der Waals surface area (Å²) >= 11 is 0. The molecule has 3 aromatic rings. The molecule has 0 spiro atoms. The van der Waals surface area contributed by atoms with Crippen molar-refractivity contribution >= 4 is 16.7 Å². The van der Waals surface area contributed by atoms with E-state index < -0.39 is 5.41 Å². The molecule has 5 nitrogen and oxygen atoms in total. The molecule has 166 valence electrons. The maximum atomic E-state index is 12.5. The Kier molecular flexibility index (Phi) is 7.50. The van der Waals surface area contributed by atoms with Crippen LogP contribution < -0.4 is 10.6 Å². The van der Waals surface area contributed by atoms with Crippen LogP contribution in [0.2, 0.25) is 0 Å². The topological polar surface area (TPSA) is 67.2 Å². The van der Waals surface area contributed by atoms with Crippen LogP contribution in [0.4, 0.5) is 0 Å². The molecule has 2 aromatic carbocycles. The predicted molar refractivity (Wildman–Crippen MR) is 129 cm³/mol. The van der Waals surface area contributed by atoms with Crippen LogP contribution >= 0.6 is 0 Å². The second-order valence-corrected chi connectivity index (χ2v) is 8.41. The number of nitrogens with zero attached hydrogens (tertiary/aromatic N) is 1. The van der Waals surface area contributed by atoms with Gasteiger partial charge in [0.2, 0.25) is 5.91 Å². The monoisotopic (exact) mass is 429 g/mol. The Morgan fingerprint density at radius 2 is 1.94 bits per heavy atom. The van der Waals surface area contributed by atoms with Crippen LogP contribution in [-0.2, 0) is 11.3 Å². The third-order valence-corrected chi connectivity index (χ3v) is 5.40. The van der Waals surface area contributed by atoms with Gasteiger partial charge < -0.3 is 15.1 Å². The van der Waals surface area contributed by atoms with Crippen LogP contribution in [0, 0.1) is 31.1 Å². The molecule has 1 atom stereocenters. The van der Waals surface area contributed by atoms with Gasteiger partial charge in [-0.15, -0.1) is 0 Å². The Labute approximate surface area is 190 Å². The zero-order valence-electron chi connectivity index (χ0n) is 19.5. The Bertz CT molecular complexity index is 1170. The highest BCUT2D eigenvalue weighted by Crippen LogP contribution is 2.23. The van der Waals surface area contributed by atoms with Crippen molar-refractivity contribution in [2.45, 2.75) is 47.2 Å². The minimum absolute atomic E-state index is 0.138. The van der Waals surface area contributed by atoms with E-state index in [0.717, 1.165) is 11.5 Å². The third-order valence-electron chi connectivity index (χ3n) is 5.40. The number of amides is 1. The van der Waals surface area contributed by atoms with Crippen molar-refractivity contribution in [2.75, 3.05) is 6.54 Å². The zero-order chi connectivity index (χ0) is 23.1. The van der Waals surface area contributed by atoms with Gasteiger partial charge in [0.15, 0.2) is 5.89 Å². The first-order chi connectivity index (χ1) is 15.3. The van der Waals surface area contributed by atoms with Crippen LogP contribution in [-0.4, -0.2) is 17.4 Å². The van der Waals surface area contributed by atoms with Gasteiger partial charge in [-0.3, -0.25) is 4.79 Å². The SMILES string of the molecule is Cc1nc(CNC(=O)C(C)(C)C#C/C=C/CN[C@H](C)c2cccc3ccccc23)c(C)o1. The maximum absolute atomic E-state index is 12.5. The Balaban J connectivity index is 1.50. The molecule has 0 saturated carbocycles. The van der Waals surface area contributed by atoms with E-state index >= 15 is 0 Å². The lowest BCUT2D eigenvalue weighted by atomic mass is 9.93. The standard InChI is InChI=1S/C27H31N3O2/c1-19(23-15-11-13-22-12-7-8-14-24(22)23)28-17-10-6-9-16-27(4,5)26(31)29-18-25-20(2)32-21(3)30-25/h6-8,10-15,19,28H,17-18H2,1-5H3,(H,29,31)/b10-6+/t19-/m1/s1. The van der Waals surface area contributed by atoms with Crippen molar-refractivity contribution in [3.05, 3.63) is 77.5 Å². The highest BCUT2D eigenvalue weighted by molar-refractivity contribution is 5.86. The van der Waals surface area contributed by atoms with Crippen molar-refractivity contribution < 1.29 is 9.21 Å². The highest BCUT2D eigenvalue weighted by Gasteiger charge is 2.25. The summed E-state index contributed by atoms with van der Waals surface area (Å²) in [5, 5.41) is 8.91. The molecule has 2 N–H and O–H groups in total. The quantitative estimate of drug-likeness (QED) is 0.519. The van der Waals surface area contributed by atoms with Crippen LogP contribution in [0.15, 0.2) is 59.0 Å². The van der Waals surface area contributed by atoms with E-state index in [9.17, 15) is 4.79 Å². The number of oxazole rings is 1. The highest BCUT2D eigenvalue weighted by atomic mass is 16.4. The summed E-state index contributed by atoms with van der Waals surface area (Å²) in [4.78, 5) is 16.8. The van der Waals surface area contributed by atoms with E-state index in [2.05, 4.69) is 76.8 Å². The lowest BCUT2D eigenvalue weighted by Crippen LogP contribution is -2.35. The van der Waals surface area contributed by atoms with Gasteiger partial charge in [-0.2, -0.15) is 0 Å². The average Bonchev–Trinajstić information content (AvgIpc) is 3.10. The number of rotatable bonds is 7. The summed E-state index contributed by atoms with van der Waals surface area (Å²) in [5.41, 5.74) is 1.21. The number of allylic oxidation sites excluding steroid dienone is 1. The number of carbonyl (C=O) groups is 1. The first-order valence-corrected chi connectivity index (χ1v) is 10.9. The summed E-state index contributed by atoms with van der Waals surface area (Å²) in [6.45, 7) is 10.4. The van der Waals surface area contributed by atoms with E-state index in [1.807, 2.05) is 26.8 Å². The number of fused-ring (bicyclic) bond motifs is 1. The Morgan fingerprint density at radius 3 is 2.69 bits per heavy atom. The molecule has 0 aliphatic rings. The zero-order valence-corrected chi connectivity index (χ0v) is 19.5. The second-order valence-electron chi connectivity index (χ2n) is 8.41. The number of nitrogens with one attached hydrogen (secondary N) is 2. The summed E-state index contributed by atoms with van der Waals surface area (Å²) in [6, 6.07) is 15.0. The van der Waals surface area contributed by atoms with E-state index in [-0.39, 0.29) is 11.9 Å². The van der Waals surface area contributed by atoms with Gasteiger partial charge in [0.25, 0.3) is 0 Å². The molecule has 1 heterocycles. The minimum atomic E-state index is -0.805. The molecule has 0 unspecified atom stereocenters. The molecule has 0 fully saturated rings. The van der Waals surface area contributed by atoms with Gasteiger partial charge >= 0.3 is 0 Å².